The van der Waals surface area contributed by atoms with Gasteiger partial charge in [0.1, 0.15) is 0 Å². The molecule has 5 rings (SSSR count). The summed E-state index contributed by atoms with van der Waals surface area (Å²) < 4.78 is 0. The molecule has 0 aromatic heterocycles. The topological polar surface area (TPSA) is 34.1 Å². The highest BCUT2D eigenvalue weighted by Gasteiger charge is 2.31. The van der Waals surface area contributed by atoms with Crippen LogP contribution in [0.1, 0.15) is 31.8 Å². The van der Waals surface area contributed by atoms with E-state index in [1.807, 2.05) is 48.5 Å². The average molecular weight is 334 g/mol. The lowest BCUT2D eigenvalue weighted by Crippen LogP contribution is -2.15. The van der Waals surface area contributed by atoms with Crippen molar-refractivity contribution in [3.8, 4) is 11.1 Å². The van der Waals surface area contributed by atoms with E-state index < -0.39 is 0 Å². The summed E-state index contributed by atoms with van der Waals surface area (Å²) in [6.45, 7) is 7.68. The number of benzene rings is 3. The lowest BCUT2D eigenvalue weighted by Gasteiger charge is -2.26. The third kappa shape index (κ3) is 1.61. The van der Waals surface area contributed by atoms with Crippen molar-refractivity contribution in [2.75, 3.05) is 0 Å². The number of fused-ring (bicyclic) bond motifs is 2. The Morgan fingerprint density at radius 2 is 1.08 bits per heavy atom. The number of hydrogen-bond acceptors (Lipinski definition) is 2. The standard InChI is InChI=1S/C24H14O2/c1-3-13-14(4-2)23(25)19-12-10-17-15-7-5-6-8-18(15)24(26)20-11-9-16(13)21(19)22(17)20/h3-12H,1-2H2. The van der Waals surface area contributed by atoms with Crippen LogP contribution in [0, 0.1) is 0 Å². The van der Waals surface area contributed by atoms with Crippen molar-refractivity contribution in [3.63, 3.8) is 0 Å². The molecule has 122 valence electrons. The molecule has 0 N–H and O–H groups in total. The Labute approximate surface area is 150 Å². The summed E-state index contributed by atoms with van der Waals surface area (Å²) in [6, 6.07) is 15.2. The molecule has 0 heterocycles. The maximum atomic E-state index is 13.0. The maximum Gasteiger partial charge on any atom is 0.194 e. The first-order chi connectivity index (χ1) is 12.7. The summed E-state index contributed by atoms with van der Waals surface area (Å²) in [7, 11) is 0. The van der Waals surface area contributed by atoms with Gasteiger partial charge in [0.05, 0.1) is 0 Å². The van der Waals surface area contributed by atoms with E-state index in [1.165, 1.54) is 0 Å². The normalized spacial score (nSPS) is 14.5. The van der Waals surface area contributed by atoms with Gasteiger partial charge in [-0.2, -0.15) is 0 Å². The molecule has 0 amide bonds. The maximum absolute atomic E-state index is 13.0. The van der Waals surface area contributed by atoms with Crippen molar-refractivity contribution in [2.24, 2.45) is 0 Å². The number of Topliss-reactive ketones (excluding diaryl/α,β-unsaturated/α-hetero) is 1. The fourth-order valence-corrected chi connectivity index (χ4v) is 4.22. The molecule has 2 nitrogen and oxygen atoms in total. The Bertz CT molecular complexity index is 1240. The second kappa shape index (κ2) is 4.99. The van der Waals surface area contributed by atoms with Crippen LogP contribution in [-0.2, 0) is 0 Å². The number of carbonyl (C=O) groups is 2. The van der Waals surface area contributed by atoms with Gasteiger partial charge in [0.2, 0.25) is 0 Å². The van der Waals surface area contributed by atoms with Gasteiger partial charge in [-0.1, -0.05) is 61.7 Å². The molecular formula is C24H14O2. The first-order valence-corrected chi connectivity index (χ1v) is 8.45. The molecule has 0 saturated heterocycles. The fourth-order valence-electron chi connectivity index (χ4n) is 4.22. The predicted molar refractivity (Wildman–Crippen MR) is 104 cm³/mol. The molecule has 0 bridgehead atoms. The molecule has 2 aliphatic rings. The van der Waals surface area contributed by atoms with Crippen molar-refractivity contribution in [3.05, 3.63) is 102 Å². The monoisotopic (exact) mass is 334 g/mol. The van der Waals surface area contributed by atoms with Crippen LogP contribution < -0.4 is 0 Å². The van der Waals surface area contributed by atoms with Crippen LogP contribution in [0.3, 0.4) is 0 Å². The van der Waals surface area contributed by atoms with Gasteiger partial charge in [0.25, 0.3) is 0 Å². The summed E-state index contributed by atoms with van der Waals surface area (Å²) in [5.41, 5.74) is 6.14. The van der Waals surface area contributed by atoms with E-state index in [0.717, 1.165) is 33.0 Å². The lowest BCUT2D eigenvalue weighted by molar-refractivity contribution is 0.103. The summed E-state index contributed by atoms with van der Waals surface area (Å²) in [5, 5.41) is 1.70. The smallest absolute Gasteiger partial charge is 0.194 e. The van der Waals surface area contributed by atoms with Crippen LogP contribution in [-0.4, -0.2) is 11.6 Å². The van der Waals surface area contributed by atoms with Gasteiger partial charge >= 0.3 is 0 Å². The van der Waals surface area contributed by atoms with Gasteiger partial charge in [-0.05, 0) is 34.4 Å². The third-order valence-electron chi connectivity index (χ3n) is 5.35. The van der Waals surface area contributed by atoms with Crippen LogP contribution in [0.5, 0.6) is 0 Å². The molecule has 0 unspecified atom stereocenters. The molecule has 0 saturated carbocycles. The molecular weight excluding hydrogens is 320 g/mol. The van der Waals surface area contributed by atoms with E-state index in [0.29, 0.717) is 22.3 Å². The van der Waals surface area contributed by atoms with E-state index in [-0.39, 0.29) is 11.6 Å². The van der Waals surface area contributed by atoms with Gasteiger partial charge in [0, 0.05) is 33.0 Å². The first-order valence-electron chi connectivity index (χ1n) is 8.45. The van der Waals surface area contributed by atoms with Crippen molar-refractivity contribution < 1.29 is 9.59 Å². The van der Waals surface area contributed by atoms with Gasteiger partial charge in [-0.3, -0.25) is 9.59 Å². The van der Waals surface area contributed by atoms with E-state index in [2.05, 4.69) is 13.2 Å². The molecule has 0 fully saturated rings. The molecule has 3 aromatic carbocycles. The second-order valence-corrected chi connectivity index (χ2v) is 6.51. The zero-order valence-corrected chi connectivity index (χ0v) is 14.0. The number of ketones is 2. The van der Waals surface area contributed by atoms with Gasteiger partial charge < -0.3 is 0 Å². The molecule has 0 atom stereocenters. The summed E-state index contributed by atoms with van der Waals surface area (Å²) in [6.07, 6.45) is 3.28. The Kier molecular flexibility index (Phi) is 2.84. The Balaban J connectivity index is 2.03. The zero-order chi connectivity index (χ0) is 18.0. The average Bonchev–Trinajstić information content (AvgIpc) is 2.69. The van der Waals surface area contributed by atoms with Crippen molar-refractivity contribution in [1.82, 2.24) is 0 Å². The summed E-state index contributed by atoms with van der Waals surface area (Å²) >= 11 is 0. The Morgan fingerprint density at radius 3 is 1.77 bits per heavy atom. The molecule has 0 aliphatic heterocycles. The van der Waals surface area contributed by atoms with Gasteiger partial charge in [-0.15, -0.1) is 0 Å². The van der Waals surface area contributed by atoms with Crippen LogP contribution in [0.15, 0.2) is 79.4 Å². The molecule has 3 aromatic rings. The summed E-state index contributed by atoms with van der Waals surface area (Å²) in [4.78, 5) is 26.0. The van der Waals surface area contributed by atoms with E-state index in [1.54, 1.807) is 12.2 Å². The van der Waals surface area contributed by atoms with Gasteiger partial charge in [0.15, 0.2) is 11.6 Å². The minimum Gasteiger partial charge on any atom is -0.289 e. The highest BCUT2D eigenvalue weighted by Crippen LogP contribution is 2.45. The van der Waals surface area contributed by atoms with E-state index in [9.17, 15) is 9.59 Å². The highest BCUT2D eigenvalue weighted by molar-refractivity contribution is 6.33. The molecule has 2 aliphatic carbocycles. The molecule has 0 radical (unpaired) electrons. The minimum atomic E-state index is -0.0718. The quantitative estimate of drug-likeness (QED) is 0.494. The van der Waals surface area contributed by atoms with Crippen molar-refractivity contribution in [1.29, 1.82) is 0 Å². The number of hydrogen-bond donors (Lipinski definition) is 0. The molecule has 0 spiro atoms. The van der Waals surface area contributed by atoms with Crippen LogP contribution in [0.25, 0.3) is 27.5 Å². The molecule has 26 heavy (non-hydrogen) atoms. The van der Waals surface area contributed by atoms with E-state index in [4.69, 9.17) is 0 Å². The van der Waals surface area contributed by atoms with E-state index >= 15 is 0 Å². The minimum absolute atomic E-state index is 0.00268. The molecule has 2 heteroatoms. The number of allylic oxidation sites excluding steroid dienone is 4. The third-order valence-corrected chi connectivity index (χ3v) is 5.35. The van der Waals surface area contributed by atoms with Crippen LogP contribution >= 0.6 is 0 Å². The lowest BCUT2D eigenvalue weighted by atomic mass is 9.75. The van der Waals surface area contributed by atoms with Crippen LogP contribution in [0.4, 0.5) is 0 Å². The zero-order valence-electron chi connectivity index (χ0n) is 14.0. The predicted octanol–water partition coefficient (Wildman–Crippen LogP) is 5.37. The first kappa shape index (κ1) is 14.8. The van der Waals surface area contributed by atoms with Gasteiger partial charge in [-0.25, -0.2) is 0 Å². The highest BCUT2D eigenvalue weighted by atomic mass is 16.1. The SMILES string of the molecule is C=CC1=C(C=C)c2ccc3c4c(ccc(c24)C1=O)-c1ccccc1C3=O. The largest absolute Gasteiger partial charge is 0.289 e. The number of rotatable bonds is 2. The Hall–Kier alpha value is -3.52. The summed E-state index contributed by atoms with van der Waals surface area (Å²) in [5.74, 6) is -0.0692. The van der Waals surface area contributed by atoms with Crippen molar-refractivity contribution >= 4 is 27.9 Å². The fraction of sp³-hybridized carbons (Fsp3) is 0. The van der Waals surface area contributed by atoms with Crippen LogP contribution in [0.2, 0.25) is 0 Å². The van der Waals surface area contributed by atoms with Crippen molar-refractivity contribution in [2.45, 2.75) is 0 Å². The number of carbonyl (C=O) groups excluding carboxylic acids is 2. The second-order valence-electron chi connectivity index (χ2n) is 6.51. The Morgan fingerprint density at radius 1 is 0.538 bits per heavy atom.